The van der Waals surface area contributed by atoms with E-state index in [1.807, 2.05) is 19.1 Å². The number of amides is 1. The molecule has 3 rings (SSSR count). The Kier molecular flexibility index (Phi) is 6.14. The summed E-state index contributed by atoms with van der Waals surface area (Å²) in [6, 6.07) is 16.1. The third-order valence-electron chi connectivity index (χ3n) is 3.94. The molecule has 2 N–H and O–H groups in total. The number of nitrogens with zero attached hydrogens (tertiary/aromatic N) is 2. The molecule has 1 amide bonds. The predicted octanol–water partition coefficient (Wildman–Crippen LogP) is 4.00. The number of halogens is 1. The minimum absolute atomic E-state index is 0.0367. The van der Waals surface area contributed by atoms with Crippen LogP contribution in [0, 0.1) is 18.3 Å². The van der Waals surface area contributed by atoms with Gasteiger partial charge >= 0.3 is 0 Å². The largest absolute Gasteiger partial charge is 0.325 e. The van der Waals surface area contributed by atoms with Crippen LogP contribution in [0.4, 0.5) is 5.69 Å². The van der Waals surface area contributed by atoms with Gasteiger partial charge in [-0.15, -0.1) is 0 Å². The number of aromatic amines is 1. The van der Waals surface area contributed by atoms with Crippen molar-refractivity contribution in [2.45, 2.75) is 12.1 Å². The van der Waals surface area contributed by atoms with E-state index in [9.17, 15) is 14.9 Å². The molecule has 3 aromatic rings. The number of carbonyl (C=O) groups excluding carboxylic acids is 1. The van der Waals surface area contributed by atoms with Gasteiger partial charge < -0.3 is 10.3 Å². The second-order valence-electron chi connectivity index (χ2n) is 5.82. The summed E-state index contributed by atoms with van der Waals surface area (Å²) < 4.78 is 0. The first-order valence-corrected chi connectivity index (χ1v) is 9.63. The Morgan fingerprint density at radius 3 is 2.71 bits per heavy atom. The van der Waals surface area contributed by atoms with Crippen LogP contribution >= 0.6 is 23.4 Å². The number of carbonyl (C=O) groups is 1. The summed E-state index contributed by atoms with van der Waals surface area (Å²) in [6.07, 6.45) is 0. The maximum absolute atomic E-state index is 12.3. The van der Waals surface area contributed by atoms with Crippen molar-refractivity contribution in [3.05, 3.63) is 75.0 Å². The number of thioether (sulfide) groups is 1. The summed E-state index contributed by atoms with van der Waals surface area (Å²) in [4.78, 5) is 31.4. The summed E-state index contributed by atoms with van der Waals surface area (Å²) in [5, 5.41) is 12.9. The molecule has 8 heteroatoms. The number of hydrogen-bond acceptors (Lipinski definition) is 5. The molecule has 0 atom stereocenters. The van der Waals surface area contributed by atoms with Gasteiger partial charge in [0.2, 0.25) is 5.91 Å². The normalized spacial score (nSPS) is 10.3. The monoisotopic (exact) mass is 410 g/mol. The van der Waals surface area contributed by atoms with Crippen LogP contribution in [-0.4, -0.2) is 21.6 Å². The van der Waals surface area contributed by atoms with Crippen molar-refractivity contribution >= 4 is 35.0 Å². The van der Waals surface area contributed by atoms with E-state index in [2.05, 4.69) is 15.3 Å². The Hall–Kier alpha value is -3.08. The van der Waals surface area contributed by atoms with Gasteiger partial charge in [-0.1, -0.05) is 59.8 Å². The van der Waals surface area contributed by atoms with E-state index in [-0.39, 0.29) is 22.4 Å². The number of hydrogen-bond donors (Lipinski definition) is 2. The lowest BCUT2D eigenvalue weighted by Crippen LogP contribution is -2.17. The number of nitriles is 1. The van der Waals surface area contributed by atoms with E-state index in [0.717, 1.165) is 17.3 Å². The molecule has 0 saturated heterocycles. The Morgan fingerprint density at radius 2 is 2.00 bits per heavy atom. The molecule has 0 unspecified atom stereocenters. The van der Waals surface area contributed by atoms with Gasteiger partial charge in [-0.3, -0.25) is 9.59 Å². The summed E-state index contributed by atoms with van der Waals surface area (Å²) in [5.41, 5.74) is 1.76. The van der Waals surface area contributed by atoms with Gasteiger partial charge in [-0.25, -0.2) is 4.98 Å². The maximum atomic E-state index is 12.3. The van der Waals surface area contributed by atoms with Crippen LogP contribution in [0.2, 0.25) is 5.02 Å². The van der Waals surface area contributed by atoms with E-state index in [4.69, 9.17) is 11.6 Å². The fourth-order valence-electron chi connectivity index (χ4n) is 2.49. The van der Waals surface area contributed by atoms with Crippen molar-refractivity contribution in [3.8, 4) is 17.3 Å². The van der Waals surface area contributed by atoms with Crippen molar-refractivity contribution in [2.75, 3.05) is 11.1 Å². The summed E-state index contributed by atoms with van der Waals surface area (Å²) in [6.45, 7) is 1.82. The van der Waals surface area contributed by atoms with Crippen LogP contribution in [0.25, 0.3) is 11.3 Å². The lowest BCUT2D eigenvalue weighted by molar-refractivity contribution is -0.113. The van der Waals surface area contributed by atoms with Crippen molar-refractivity contribution in [1.29, 1.82) is 5.26 Å². The third kappa shape index (κ3) is 4.42. The molecule has 6 nitrogen and oxygen atoms in total. The van der Waals surface area contributed by atoms with Crippen LogP contribution in [0.1, 0.15) is 11.1 Å². The zero-order valence-corrected chi connectivity index (χ0v) is 16.4. The number of anilines is 1. The molecule has 0 aliphatic heterocycles. The Morgan fingerprint density at radius 1 is 1.25 bits per heavy atom. The maximum Gasteiger partial charge on any atom is 0.270 e. The highest BCUT2D eigenvalue weighted by atomic mass is 35.5. The molecule has 0 fully saturated rings. The smallest absolute Gasteiger partial charge is 0.270 e. The quantitative estimate of drug-likeness (QED) is 0.489. The number of benzene rings is 2. The minimum Gasteiger partial charge on any atom is -0.325 e. The van der Waals surface area contributed by atoms with Crippen molar-refractivity contribution in [1.82, 2.24) is 9.97 Å². The minimum atomic E-state index is -0.537. The van der Waals surface area contributed by atoms with Crippen LogP contribution in [0.15, 0.2) is 58.5 Å². The number of nitrogens with one attached hydrogen (secondary N) is 2. The summed E-state index contributed by atoms with van der Waals surface area (Å²) in [5.74, 6) is -0.224. The van der Waals surface area contributed by atoms with Gasteiger partial charge in [0.15, 0.2) is 5.16 Å². The summed E-state index contributed by atoms with van der Waals surface area (Å²) in [7, 11) is 0. The number of rotatable bonds is 5. The number of aromatic nitrogens is 2. The topological polar surface area (TPSA) is 98.6 Å². The first kappa shape index (κ1) is 19.7. The van der Waals surface area contributed by atoms with E-state index < -0.39 is 5.56 Å². The van der Waals surface area contributed by atoms with E-state index in [1.165, 1.54) is 0 Å². The molecule has 0 aliphatic carbocycles. The average Bonchev–Trinajstić information content (AvgIpc) is 2.70. The first-order valence-electron chi connectivity index (χ1n) is 8.27. The van der Waals surface area contributed by atoms with Gasteiger partial charge in [0, 0.05) is 16.3 Å². The Bertz CT molecular complexity index is 1120. The lowest BCUT2D eigenvalue weighted by Gasteiger charge is -2.09. The summed E-state index contributed by atoms with van der Waals surface area (Å²) >= 11 is 7.14. The van der Waals surface area contributed by atoms with Crippen LogP contribution in [0.5, 0.6) is 0 Å². The fourth-order valence-corrected chi connectivity index (χ4v) is 3.33. The average molecular weight is 411 g/mol. The van der Waals surface area contributed by atoms with E-state index >= 15 is 0 Å². The third-order valence-corrected chi connectivity index (χ3v) is 5.22. The molecule has 28 heavy (non-hydrogen) atoms. The molecule has 1 heterocycles. The van der Waals surface area contributed by atoms with Gasteiger partial charge in [0.05, 0.1) is 11.4 Å². The molecule has 140 valence electrons. The van der Waals surface area contributed by atoms with E-state index in [0.29, 0.717) is 22.0 Å². The predicted molar refractivity (Wildman–Crippen MR) is 111 cm³/mol. The molecule has 2 aromatic carbocycles. The van der Waals surface area contributed by atoms with E-state index in [1.54, 1.807) is 42.5 Å². The molecule has 0 radical (unpaired) electrons. The Balaban J connectivity index is 1.79. The zero-order valence-electron chi connectivity index (χ0n) is 14.8. The molecular weight excluding hydrogens is 396 g/mol. The fraction of sp³-hybridized carbons (Fsp3) is 0.100. The van der Waals surface area contributed by atoms with Crippen molar-refractivity contribution in [3.63, 3.8) is 0 Å². The van der Waals surface area contributed by atoms with Gasteiger partial charge in [0.1, 0.15) is 11.6 Å². The number of H-pyrrole nitrogens is 1. The van der Waals surface area contributed by atoms with Crippen LogP contribution < -0.4 is 10.9 Å². The molecule has 0 saturated carbocycles. The molecule has 1 aromatic heterocycles. The molecule has 0 spiro atoms. The zero-order chi connectivity index (χ0) is 20.1. The highest BCUT2D eigenvalue weighted by molar-refractivity contribution is 7.99. The van der Waals surface area contributed by atoms with Crippen LogP contribution in [-0.2, 0) is 4.79 Å². The SMILES string of the molecule is Cc1c(Cl)cccc1NC(=O)CSc1nc(-c2ccccc2)c(C#N)c(=O)[nH]1. The van der Waals surface area contributed by atoms with Gasteiger partial charge in [-0.2, -0.15) is 5.26 Å². The molecular formula is C20H15ClN4O2S. The second kappa shape index (κ2) is 8.74. The van der Waals surface area contributed by atoms with Gasteiger partial charge in [-0.05, 0) is 24.6 Å². The standard InChI is InChI=1S/C20H15ClN4O2S/c1-12-15(21)8-5-9-16(12)23-17(26)11-28-20-24-18(13-6-3-2-4-7-13)14(10-22)19(27)25-20/h2-9H,11H2,1H3,(H,23,26)(H,24,25,27). The lowest BCUT2D eigenvalue weighted by atomic mass is 10.1. The van der Waals surface area contributed by atoms with Gasteiger partial charge in [0.25, 0.3) is 5.56 Å². The molecule has 0 aliphatic rings. The second-order valence-corrected chi connectivity index (χ2v) is 7.19. The Labute approximate surface area is 170 Å². The van der Waals surface area contributed by atoms with Crippen molar-refractivity contribution in [2.24, 2.45) is 0 Å². The molecule has 0 bridgehead atoms. The van der Waals surface area contributed by atoms with Crippen molar-refractivity contribution < 1.29 is 4.79 Å². The first-order chi connectivity index (χ1) is 13.5. The van der Waals surface area contributed by atoms with Crippen LogP contribution in [0.3, 0.4) is 0 Å². The highest BCUT2D eigenvalue weighted by Gasteiger charge is 2.14. The highest BCUT2D eigenvalue weighted by Crippen LogP contribution is 2.24.